The molecule has 0 saturated carbocycles. The molecule has 4 rings (SSSR count). The molecule has 0 fully saturated rings. The molecule has 168 valence electrons. The Bertz CT molecular complexity index is 1350. The predicted octanol–water partition coefficient (Wildman–Crippen LogP) is 5.76. The zero-order valence-electron chi connectivity index (χ0n) is 17.0. The SMILES string of the molecule is O=C(Cc1c[nH]c2ccccc12)Nc1ccc(NC(=O)c2ccccc2F)cc1C(F)(F)F. The van der Waals surface area contributed by atoms with Gasteiger partial charge >= 0.3 is 6.18 Å². The molecule has 0 aliphatic carbocycles. The van der Waals surface area contributed by atoms with Crippen molar-refractivity contribution >= 4 is 34.1 Å². The summed E-state index contributed by atoms with van der Waals surface area (Å²) in [4.78, 5) is 27.7. The maximum Gasteiger partial charge on any atom is 0.418 e. The number of aromatic amines is 1. The lowest BCUT2D eigenvalue weighted by Gasteiger charge is -2.16. The summed E-state index contributed by atoms with van der Waals surface area (Å²) in [6.07, 6.45) is -3.30. The molecule has 5 nitrogen and oxygen atoms in total. The predicted molar refractivity (Wildman–Crippen MR) is 116 cm³/mol. The van der Waals surface area contributed by atoms with Gasteiger partial charge in [-0.25, -0.2) is 4.39 Å². The monoisotopic (exact) mass is 455 g/mol. The summed E-state index contributed by atoms with van der Waals surface area (Å²) in [5.41, 5.74) is -0.624. The van der Waals surface area contributed by atoms with E-state index in [-0.39, 0.29) is 17.7 Å². The van der Waals surface area contributed by atoms with Gasteiger partial charge in [-0.2, -0.15) is 13.2 Å². The van der Waals surface area contributed by atoms with Crippen molar-refractivity contribution in [3.63, 3.8) is 0 Å². The standard InChI is InChI=1S/C24H17F4N3O2/c25-19-7-3-1-6-17(19)23(33)30-15-9-10-21(18(12-15)24(26,27)28)31-22(32)11-14-13-29-20-8-4-2-5-16(14)20/h1-10,12-13,29H,11H2,(H,30,33)(H,31,32). The number of benzene rings is 3. The van der Waals surface area contributed by atoms with E-state index in [1.54, 1.807) is 12.3 Å². The number of hydrogen-bond donors (Lipinski definition) is 3. The van der Waals surface area contributed by atoms with Crippen LogP contribution in [-0.4, -0.2) is 16.8 Å². The molecule has 1 heterocycles. The first kappa shape index (κ1) is 22.1. The van der Waals surface area contributed by atoms with Crippen molar-refractivity contribution in [2.24, 2.45) is 0 Å². The van der Waals surface area contributed by atoms with Gasteiger partial charge in [0.15, 0.2) is 0 Å². The Labute approximate surface area is 185 Å². The second-order valence-electron chi connectivity index (χ2n) is 7.28. The number of halogens is 4. The Morgan fingerprint density at radius 3 is 2.39 bits per heavy atom. The second-order valence-corrected chi connectivity index (χ2v) is 7.28. The first-order valence-electron chi connectivity index (χ1n) is 9.84. The summed E-state index contributed by atoms with van der Waals surface area (Å²) < 4.78 is 54.8. The normalized spacial score (nSPS) is 11.4. The number of anilines is 2. The second kappa shape index (κ2) is 8.78. The fourth-order valence-electron chi connectivity index (χ4n) is 3.45. The van der Waals surface area contributed by atoms with Crippen LogP contribution in [0.5, 0.6) is 0 Å². The maximum absolute atomic E-state index is 13.8. The van der Waals surface area contributed by atoms with Crippen LogP contribution in [0.2, 0.25) is 0 Å². The lowest BCUT2D eigenvalue weighted by atomic mass is 10.1. The number of alkyl halides is 3. The number of amides is 2. The summed E-state index contributed by atoms with van der Waals surface area (Å²) >= 11 is 0. The van der Waals surface area contributed by atoms with E-state index in [1.165, 1.54) is 24.3 Å². The maximum atomic E-state index is 13.8. The van der Waals surface area contributed by atoms with Crippen LogP contribution in [-0.2, 0) is 17.4 Å². The first-order valence-corrected chi connectivity index (χ1v) is 9.84. The molecule has 33 heavy (non-hydrogen) atoms. The van der Waals surface area contributed by atoms with Gasteiger partial charge in [-0.1, -0.05) is 30.3 Å². The third kappa shape index (κ3) is 4.87. The van der Waals surface area contributed by atoms with Crippen LogP contribution < -0.4 is 10.6 Å². The molecule has 0 aliphatic heterocycles. The summed E-state index contributed by atoms with van der Waals surface area (Å²) in [7, 11) is 0. The summed E-state index contributed by atoms with van der Waals surface area (Å²) in [6, 6.07) is 15.3. The molecule has 0 radical (unpaired) electrons. The van der Waals surface area contributed by atoms with Crippen molar-refractivity contribution in [1.29, 1.82) is 0 Å². The largest absolute Gasteiger partial charge is 0.418 e. The van der Waals surface area contributed by atoms with Crippen LogP contribution in [0.1, 0.15) is 21.5 Å². The molecule has 0 aliphatic rings. The quantitative estimate of drug-likeness (QED) is 0.335. The molecule has 3 N–H and O–H groups in total. The highest BCUT2D eigenvalue weighted by molar-refractivity contribution is 6.04. The van der Waals surface area contributed by atoms with Gasteiger partial charge in [0.2, 0.25) is 5.91 Å². The number of carbonyl (C=O) groups is 2. The number of hydrogen-bond acceptors (Lipinski definition) is 2. The van der Waals surface area contributed by atoms with Crippen LogP contribution in [0.15, 0.2) is 72.9 Å². The van der Waals surface area contributed by atoms with Crippen LogP contribution in [0, 0.1) is 5.82 Å². The Morgan fingerprint density at radius 1 is 0.909 bits per heavy atom. The van der Waals surface area contributed by atoms with Crippen LogP contribution in [0.4, 0.5) is 28.9 Å². The number of H-pyrrole nitrogens is 1. The van der Waals surface area contributed by atoms with Crippen molar-refractivity contribution in [3.05, 3.63) is 95.4 Å². The van der Waals surface area contributed by atoms with Gasteiger partial charge in [0.05, 0.1) is 23.2 Å². The average molecular weight is 455 g/mol. The minimum Gasteiger partial charge on any atom is -0.361 e. The zero-order chi connectivity index (χ0) is 23.6. The van der Waals surface area contributed by atoms with Crippen molar-refractivity contribution in [1.82, 2.24) is 4.98 Å². The van der Waals surface area contributed by atoms with E-state index < -0.39 is 35.1 Å². The van der Waals surface area contributed by atoms with E-state index in [0.717, 1.165) is 23.0 Å². The Morgan fingerprint density at radius 2 is 1.64 bits per heavy atom. The Hall–Kier alpha value is -4.14. The van der Waals surface area contributed by atoms with E-state index in [2.05, 4.69) is 15.6 Å². The van der Waals surface area contributed by atoms with E-state index in [0.29, 0.717) is 11.6 Å². The Balaban J connectivity index is 1.55. The number of nitrogens with one attached hydrogen (secondary N) is 3. The number of carbonyl (C=O) groups excluding carboxylic acids is 2. The molecule has 2 amide bonds. The van der Waals surface area contributed by atoms with Crippen molar-refractivity contribution in [2.45, 2.75) is 12.6 Å². The molecule has 0 saturated heterocycles. The van der Waals surface area contributed by atoms with Gasteiger partial charge in [-0.05, 0) is 42.0 Å². The highest BCUT2D eigenvalue weighted by atomic mass is 19.4. The number of para-hydroxylation sites is 1. The van der Waals surface area contributed by atoms with Crippen LogP contribution >= 0.6 is 0 Å². The minimum atomic E-state index is -4.80. The van der Waals surface area contributed by atoms with Crippen LogP contribution in [0.25, 0.3) is 10.9 Å². The fourth-order valence-corrected chi connectivity index (χ4v) is 3.45. The van der Waals surface area contributed by atoms with Gasteiger partial charge in [-0.15, -0.1) is 0 Å². The van der Waals surface area contributed by atoms with E-state index in [9.17, 15) is 27.2 Å². The smallest absolute Gasteiger partial charge is 0.361 e. The molecule has 0 atom stereocenters. The topological polar surface area (TPSA) is 74.0 Å². The van der Waals surface area contributed by atoms with Crippen molar-refractivity contribution < 1.29 is 27.2 Å². The molecule has 0 spiro atoms. The molecule has 0 unspecified atom stereocenters. The van der Waals surface area contributed by atoms with Gasteiger partial charge in [0, 0.05) is 22.8 Å². The number of aromatic nitrogens is 1. The molecule has 3 aromatic carbocycles. The lowest BCUT2D eigenvalue weighted by Crippen LogP contribution is -2.19. The summed E-state index contributed by atoms with van der Waals surface area (Å²) in [5, 5.41) is 5.35. The van der Waals surface area contributed by atoms with Crippen LogP contribution in [0.3, 0.4) is 0 Å². The van der Waals surface area contributed by atoms with Gasteiger partial charge < -0.3 is 15.6 Å². The molecule has 0 bridgehead atoms. The van der Waals surface area contributed by atoms with E-state index in [1.807, 2.05) is 18.2 Å². The van der Waals surface area contributed by atoms with Gasteiger partial charge in [-0.3, -0.25) is 9.59 Å². The molecular formula is C24H17F4N3O2. The van der Waals surface area contributed by atoms with E-state index in [4.69, 9.17) is 0 Å². The Kier molecular flexibility index (Phi) is 5.87. The van der Waals surface area contributed by atoms with Gasteiger partial charge in [0.25, 0.3) is 5.91 Å². The zero-order valence-corrected chi connectivity index (χ0v) is 17.0. The van der Waals surface area contributed by atoms with E-state index >= 15 is 0 Å². The average Bonchev–Trinajstić information content (AvgIpc) is 3.17. The highest BCUT2D eigenvalue weighted by Gasteiger charge is 2.34. The molecule has 4 aromatic rings. The third-order valence-corrected chi connectivity index (χ3v) is 5.00. The number of rotatable bonds is 5. The summed E-state index contributed by atoms with van der Waals surface area (Å²) in [6.45, 7) is 0. The summed E-state index contributed by atoms with van der Waals surface area (Å²) in [5.74, 6) is -2.32. The van der Waals surface area contributed by atoms with Gasteiger partial charge in [0.1, 0.15) is 5.82 Å². The highest BCUT2D eigenvalue weighted by Crippen LogP contribution is 2.37. The fraction of sp³-hybridized carbons (Fsp3) is 0.0833. The minimum absolute atomic E-state index is 0.132. The van der Waals surface area contributed by atoms with Crippen molar-refractivity contribution in [2.75, 3.05) is 10.6 Å². The lowest BCUT2D eigenvalue weighted by molar-refractivity contribution is -0.136. The molecule has 9 heteroatoms. The first-order chi connectivity index (χ1) is 15.7. The van der Waals surface area contributed by atoms with Crippen molar-refractivity contribution in [3.8, 4) is 0 Å². The number of fused-ring (bicyclic) bond motifs is 1. The molecular weight excluding hydrogens is 438 g/mol. The third-order valence-electron chi connectivity index (χ3n) is 5.00. The molecule has 1 aromatic heterocycles.